The van der Waals surface area contributed by atoms with Gasteiger partial charge in [-0.3, -0.25) is 10.4 Å². The average molecular weight is 290 g/mol. The monoisotopic (exact) mass is 290 g/mol. The summed E-state index contributed by atoms with van der Waals surface area (Å²) in [5.41, 5.74) is -1.40. The lowest BCUT2D eigenvalue weighted by Gasteiger charge is -2.33. The van der Waals surface area contributed by atoms with Crippen LogP contribution in [0.2, 0.25) is 0 Å². The summed E-state index contributed by atoms with van der Waals surface area (Å²) in [5.74, 6) is -0.349. The van der Waals surface area contributed by atoms with Gasteiger partial charge in [0.15, 0.2) is 5.82 Å². The van der Waals surface area contributed by atoms with Crippen LogP contribution < -0.4 is 10.6 Å². The molecular formula is C12H17F3N4O. The van der Waals surface area contributed by atoms with Crippen molar-refractivity contribution in [3.05, 3.63) is 11.8 Å². The number of nitrogens with zero attached hydrogens (tertiary/aromatic N) is 1. The zero-order valence-electron chi connectivity index (χ0n) is 11.3. The Balaban J connectivity index is 2.02. The molecule has 112 valence electrons. The molecule has 20 heavy (non-hydrogen) atoms. The van der Waals surface area contributed by atoms with Gasteiger partial charge in [-0.15, -0.1) is 0 Å². The Labute approximate surface area is 114 Å². The molecule has 0 spiro atoms. The minimum atomic E-state index is -4.48. The molecule has 0 aromatic carbocycles. The molecule has 3 N–H and O–H groups in total. The number of anilines is 1. The third kappa shape index (κ3) is 2.88. The second-order valence-corrected chi connectivity index (χ2v) is 5.19. The topological polar surface area (TPSA) is 69.8 Å². The van der Waals surface area contributed by atoms with Crippen LogP contribution in [0.4, 0.5) is 23.8 Å². The molecule has 1 unspecified atom stereocenters. The Morgan fingerprint density at radius 3 is 2.60 bits per heavy atom. The van der Waals surface area contributed by atoms with Crippen LogP contribution in [0.5, 0.6) is 0 Å². The van der Waals surface area contributed by atoms with E-state index < -0.39 is 23.7 Å². The molecule has 1 atom stereocenters. The van der Waals surface area contributed by atoms with Crippen LogP contribution in [0.3, 0.4) is 0 Å². The maximum absolute atomic E-state index is 13.1. The number of rotatable bonds is 4. The lowest BCUT2D eigenvalue weighted by Crippen LogP contribution is -2.59. The van der Waals surface area contributed by atoms with Crippen molar-refractivity contribution in [2.24, 2.45) is 5.92 Å². The fourth-order valence-corrected chi connectivity index (χ4v) is 2.06. The van der Waals surface area contributed by atoms with Gasteiger partial charge >= 0.3 is 12.2 Å². The second kappa shape index (κ2) is 4.99. The van der Waals surface area contributed by atoms with Crippen LogP contribution in [0, 0.1) is 5.92 Å². The predicted octanol–water partition coefficient (Wildman–Crippen LogP) is 2.82. The van der Waals surface area contributed by atoms with E-state index in [1.807, 2.05) is 12.2 Å². The fraction of sp³-hybridized carbons (Fsp3) is 0.667. The van der Waals surface area contributed by atoms with E-state index in [0.717, 1.165) is 12.6 Å². The van der Waals surface area contributed by atoms with Crippen molar-refractivity contribution in [1.29, 1.82) is 0 Å². The lowest BCUT2D eigenvalue weighted by molar-refractivity contribution is -0.193. The maximum Gasteiger partial charge on any atom is 0.411 e. The summed E-state index contributed by atoms with van der Waals surface area (Å²) in [6, 6.07) is 0.688. The van der Waals surface area contributed by atoms with Crippen molar-refractivity contribution >= 4 is 11.8 Å². The van der Waals surface area contributed by atoms with Crippen LogP contribution in [0.1, 0.15) is 32.4 Å². The molecule has 2 rings (SSSR count). The van der Waals surface area contributed by atoms with Crippen molar-refractivity contribution in [1.82, 2.24) is 15.5 Å². The molecule has 1 aliphatic carbocycles. The standard InChI is InChI=1S/C12H17F3N4O/c1-3-8-6-9(19-18-8)16-10(20)17-11(2,7-4-5-7)12(13,14)15/h6-7H,3-5H2,1-2H3,(H3,16,17,18,19,20). The fourth-order valence-electron chi connectivity index (χ4n) is 2.06. The number of carbonyl (C=O) groups is 1. The van der Waals surface area contributed by atoms with Crippen LogP contribution in [-0.2, 0) is 6.42 Å². The van der Waals surface area contributed by atoms with E-state index in [9.17, 15) is 18.0 Å². The molecule has 0 radical (unpaired) electrons. The van der Waals surface area contributed by atoms with Gasteiger partial charge in [0.2, 0.25) is 0 Å². The number of hydrogen-bond acceptors (Lipinski definition) is 2. The Bertz CT molecular complexity index is 495. The average Bonchev–Trinajstić information content (AvgIpc) is 3.10. The molecule has 0 bridgehead atoms. The van der Waals surface area contributed by atoms with Crippen LogP contribution in [0.15, 0.2) is 6.07 Å². The van der Waals surface area contributed by atoms with E-state index in [1.165, 1.54) is 0 Å². The normalized spacial score (nSPS) is 18.4. The number of urea groups is 1. The van der Waals surface area contributed by atoms with Crippen molar-refractivity contribution in [3.8, 4) is 0 Å². The van der Waals surface area contributed by atoms with Crippen molar-refractivity contribution in [2.45, 2.75) is 44.8 Å². The van der Waals surface area contributed by atoms with Gasteiger partial charge in [-0.05, 0) is 32.1 Å². The molecule has 1 aromatic heterocycles. The Morgan fingerprint density at radius 1 is 1.50 bits per heavy atom. The summed E-state index contributed by atoms with van der Waals surface area (Å²) in [5, 5.41) is 10.8. The summed E-state index contributed by atoms with van der Waals surface area (Å²) in [6.07, 6.45) is -2.85. The molecule has 5 nitrogen and oxygen atoms in total. The van der Waals surface area contributed by atoms with Crippen LogP contribution >= 0.6 is 0 Å². The minimum Gasteiger partial charge on any atom is -0.323 e. The zero-order chi connectivity index (χ0) is 15.0. The zero-order valence-corrected chi connectivity index (χ0v) is 11.3. The van der Waals surface area contributed by atoms with Gasteiger partial charge in [0.25, 0.3) is 0 Å². The van der Waals surface area contributed by atoms with Gasteiger partial charge in [0.05, 0.1) is 0 Å². The number of aromatic nitrogens is 2. The first-order valence-corrected chi connectivity index (χ1v) is 6.46. The van der Waals surface area contributed by atoms with Crippen molar-refractivity contribution < 1.29 is 18.0 Å². The Hall–Kier alpha value is -1.73. The molecule has 0 aliphatic heterocycles. The number of amides is 2. The largest absolute Gasteiger partial charge is 0.411 e. The van der Waals surface area contributed by atoms with Gasteiger partial charge in [0, 0.05) is 11.8 Å². The summed E-state index contributed by atoms with van der Waals surface area (Å²) in [6.45, 7) is 2.91. The highest BCUT2D eigenvalue weighted by Crippen LogP contribution is 2.47. The van der Waals surface area contributed by atoms with Crippen LogP contribution in [0.25, 0.3) is 0 Å². The number of aromatic amines is 1. The highest BCUT2D eigenvalue weighted by Gasteiger charge is 2.60. The van der Waals surface area contributed by atoms with Gasteiger partial charge in [-0.1, -0.05) is 6.92 Å². The number of aryl methyl sites for hydroxylation is 1. The summed E-state index contributed by atoms with van der Waals surface area (Å²) < 4.78 is 39.3. The molecular weight excluding hydrogens is 273 g/mol. The van der Waals surface area contributed by atoms with Crippen molar-refractivity contribution in [2.75, 3.05) is 5.32 Å². The molecule has 1 aliphatic rings. The highest BCUT2D eigenvalue weighted by atomic mass is 19.4. The number of alkyl halides is 3. The van der Waals surface area contributed by atoms with E-state index in [4.69, 9.17) is 0 Å². The van der Waals surface area contributed by atoms with E-state index in [2.05, 4.69) is 15.5 Å². The van der Waals surface area contributed by atoms with Gasteiger partial charge in [-0.2, -0.15) is 18.3 Å². The first kappa shape index (κ1) is 14.7. The van der Waals surface area contributed by atoms with Crippen molar-refractivity contribution in [3.63, 3.8) is 0 Å². The van der Waals surface area contributed by atoms with E-state index in [1.54, 1.807) is 6.07 Å². The minimum absolute atomic E-state index is 0.208. The van der Waals surface area contributed by atoms with Gasteiger partial charge in [0.1, 0.15) is 5.54 Å². The number of H-pyrrole nitrogens is 1. The molecule has 0 saturated heterocycles. The predicted molar refractivity (Wildman–Crippen MR) is 67.3 cm³/mol. The molecule has 1 saturated carbocycles. The molecule has 8 heteroatoms. The number of hydrogen-bond donors (Lipinski definition) is 3. The highest BCUT2D eigenvalue weighted by molar-refractivity contribution is 5.88. The second-order valence-electron chi connectivity index (χ2n) is 5.19. The Morgan fingerprint density at radius 2 is 2.15 bits per heavy atom. The summed E-state index contributed by atoms with van der Waals surface area (Å²) in [4.78, 5) is 11.7. The summed E-state index contributed by atoms with van der Waals surface area (Å²) in [7, 11) is 0. The van der Waals surface area contributed by atoms with E-state index in [0.29, 0.717) is 19.3 Å². The van der Waals surface area contributed by atoms with E-state index in [-0.39, 0.29) is 5.82 Å². The van der Waals surface area contributed by atoms with Crippen LogP contribution in [-0.4, -0.2) is 27.9 Å². The quantitative estimate of drug-likeness (QED) is 0.798. The third-order valence-corrected chi connectivity index (χ3v) is 3.61. The number of nitrogens with one attached hydrogen (secondary N) is 3. The smallest absolute Gasteiger partial charge is 0.323 e. The molecule has 2 amide bonds. The van der Waals surface area contributed by atoms with Gasteiger partial charge in [-0.25, -0.2) is 4.79 Å². The third-order valence-electron chi connectivity index (χ3n) is 3.61. The SMILES string of the molecule is CCc1cc(NC(=O)NC(C)(C2CC2)C(F)(F)F)n[nH]1. The first-order valence-electron chi connectivity index (χ1n) is 6.46. The first-order chi connectivity index (χ1) is 9.26. The Kier molecular flexibility index (Phi) is 3.66. The molecule has 1 heterocycles. The van der Waals surface area contributed by atoms with E-state index >= 15 is 0 Å². The molecule has 1 fully saturated rings. The van der Waals surface area contributed by atoms with Gasteiger partial charge < -0.3 is 5.32 Å². The number of halogens is 3. The number of carbonyl (C=O) groups excluding carboxylic acids is 1. The lowest BCUT2D eigenvalue weighted by atomic mass is 9.95. The maximum atomic E-state index is 13.1. The summed E-state index contributed by atoms with van der Waals surface area (Å²) >= 11 is 0. The molecule has 1 aromatic rings.